The van der Waals surface area contributed by atoms with E-state index in [1.165, 1.54) is 0 Å². The molecular weight excluding hydrogens is 564 g/mol. The molecule has 0 fully saturated rings. The summed E-state index contributed by atoms with van der Waals surface area (Å²) in [4.78, 5) is 29.5. The van der Waals surface area contributed by atoms with Crippen molar-refractivity contribution in [2.24, 2.45) is 0 Å². The Morgan fingerprint density at radius 1 is 0.744 bits per heavy atom. The van der Waals surface area contributed by atoms with Crippen molar-refractivity contribution in [2.45, 2.75) is 31.8 Å². The molecule has 0 aliphatic heterocycles. The molecule has 2 amide bonds. The van der Waals surface area contributed by atoms with Crippen molar-refractivity contribution in [3.8, 4) is 17.2 Å². The number of nitrogens with zero attached hydrogens (tertiary/aromatic N) is 1. The van der Waals surface area contributed by atoms with E-state index in [0.717, 1.165) is 28.0 Å². The topological polar surface area (TPSA) is 77.1 Å². The summed E-state index contributed by atoms with van der Waals surface area (Å²) < 4.78 is 16.1. The van der Waals surface area contributed by atoms with Gasteiger partial charge in [0, 0.05) is 24.5 Å². The average Bonchev–Trinajstić information content (AvgIpc) is 3.04. The molecule has 0 aromatic heterocycles. The molecule has 224 valence electrons. The molecule has 0 unspecified atom stereocenters. The van der Waals surface area contributed by atoms with Gasteiger partial charge in [-0.3, -0.25) is 9.59 Å². The van der Waals surface area contributed by atoms with Crippen LogP contribution in [0.5, 0.6) is 17.2 Å². The van der Waals surface area contributed by atoms with Crippen LogP contribution in [0.15, 0.2) is 97.1 Å². The van der Waals surface area contributed by atoms with Gasteiger partial charge in [0.2, 0.25) is 11.8 Å². The van der Waals surface area contributed by atoms with E-state index in [1.54, 1.807) is 38.4 Å². The molecule has 4 rings (SSSR count). The van der Waals surface area contributed by atoms with Crippen LogP contribution in [-0.2, 0) is 35.4 Å². The van der Waals surface area contributed by atoms with Crippen molar-refractivity contribution in [2.75, 3.05) is 27.9 Å². The van der Waals surface area contributed by atoms with Gasteiger partial charge in [0.05, 0.1) is 27.8 Å². The van der Waals surface area contributed by atoms with Crippen LogP contribution < -0.4 is 19.5 Å². The molecule has 4 aromatic carbocycles. The molecule has 0 heterocycles. The SMILES string of the molecule is COc1ccc(CN(C(=O)Cc2ccc(Cl)cc2)[C@H](Cc2ccccc2)C(=O)NCCc2ccc(OC)c(OC)c2)cc1. The fourth-order valence-corrected chi connectivity index (χ4v) is 4.97. The van der Waals surface area contributed by atoms with Crippen LogP contribution in [0, 0.1) is 0 Å². The Kier molecular flexibility index (Phi) is 11.5. The van der Waals surface area contributed by atoms with E-state index in [9.17, 15) is 9.59 Å². The van der Waals surface area contributed by atoms with E-state index >= 15 is 0 Å². The first kappa shape index (κ1) is 31.4. The Bertz CT molecular complexity index is 1480. The second-order valence-electron chi connectivity index (χ2n) is 10.1. The molecule has 0 radical (unpaired) electrons. The number of halogens is 1. The lowest BCUT2D eigenvalue weighted by atomic mass is 10.0. The predicted molar refractivity (Wildman–Crippen MR) is 169 cm³/mol. The molecule has 4 aromatic rings. The van der Waals surface area contributed by atoms with Crippen LogP contribution in [0.25, 0.3) is 0 Å². The molecule has 0 saturated heterocycles. The first-order valence-electron chi connectivity index (χ1n) is 14.1. The minimum Gasteiger partial charge on any atom is -0.497 e. The van der Waals surface area contributed by atoms with Gasteiger partial charge in [-0.1, -0.05) is 72.3 Å². The van der Waals surface area contributed by atoms with Gasteiger partial charge in [-0.25, -0.2) is 0 Å². The number of benzene rings is 4. The minimum absolute atomic E-state index is 0.136. The number of nitrogens with one attached hydrogen (secondary N) is 1. The van der Waals surface area contributed by atoms with Gasteiger partial charge in [-0.05, 0) is 65.1 Å². The standard InChI is InChI=1S/C35H37ClN2O5/c1-41-30-16-11-28(12-17-30)24-38(34(39)23-26-9-14-29(36)15-10-26)31(21-25-7-5-4-6-8-25)35(40)37-20-19-27-13-18-32(42-2)33(22-27)43-3/h4-18,22,31H,19-21,23-24H2,1-3H3,(H,37,40)/t31-/m1/s1. The largest absolute Gasteiger partial charge is 0.497 e. The zero-order valence-electron chi connectivity index (χ0n) is 24.7. The van der Waals surface area contributed by atoms with Gasteiger partial charge in [0.15, 0.2) is 11.5 Å². The van der Waals surface area contributed by atoms with Gasteiger partial charge in [0.25, 0.3) is 0 Å². The second-order valence-corrected chi connectivity index (χ2v) is 10.5. The lowest BCUT2D eigenvalue weighted by molar-refractivity contribution is -0.140. The monoisotopic (exact) mass is 600 g/mol. The van der Waals surface area contributed by atoms with E-state index in [0.29, 0.717) is 35.9 Å². The van der Waals surface area contributed by atoms with Crippen LogP contribution in [0.3, 0.4) is 0 Å². The molecule has 1 N–H and O–H groups in total. The molecule has 0 bridgehead atoms. The van der Waals surface area contributed by atoms with Crippen LogP contribution in [0.1, 0.15) is 22.3 Å². The predicted octanol–water partition coefficient (Wildman–Crippen LogP) is 5.91. The highest BCUT2D eigenvalue weighted by atomic mass is 35.5. The lowest BCUT2D eigenvalue weighted by Crippen LogP contribution is -2.51. The maximum absolute atomic E-state index is 13.9. The molecule has 0 spiro atoms. The highest BCUT2D eigenvalue weighted by Crippen LogP contribution is 2.27. The Hall–Kier alpha value is -4.49. The molecule has 0 aliphatic rings. The maximum Gasteiger partial charge on any atom is 0.243 e. The summed E-state index contributed by atoms with van der Waals surface area (Å²) in [5, 5.41) is 3.69. The van der Waals surface area contributed by atoms with Gasteiger partial charge in [0.1, 0.15) is 11.8 Å². The van der Waals surface area contributed by atoms with Crippen LogP contribution in [0.4, 0.5) is 0 Å². The third kappa shape index (κ3) is 9.00. The molecule has 43 heavy (non-hydrogen) atoms. The first-order valence-corrected chi connectivity index (χ1v) is 14.5. The number of ether oxygens (including phenoxy) is 3. The Balaban J connectivity index is 1.59. The van der Waals surface area contributed by atoms with Crippen LogP contribution in [-0.4, -0.2) is 50.6 Å². The smallest absolute Gasteiger partial charge is 0.243 e. The third-order valence-corrected chi connectivity index (χ3v) is 7.46. The summed E-state index contributed by atoms with van der Waals surface area (Å²) in [5.41, 5.74) is 3.66. The van der Waals surface area contributed by atoms with Crippen molar-refractivity contribution < 1.29 is 23.8 Å². The van der Waals surface area contributed by atoms with Crippen molar-refractivity contribution in [1.29, 1.82) is 0 Å². The van der Waals surface area contributed by atoms with Gasteiger partial charge in [-0.2, -0.15) is 0 Å². The number of carbonyl (C=O) groups excluding carboxylic acids is 2. The summed E-state index contributed by atoms with van der Waals surface area (Å²) >= 11 is 6.08. The Labute approximate surface area is 258 Å². The summed E-state index contributed by atoms with van der Waals surface area (Å²) in [6.45, 7) is 0.651. The summed E-state index contributed by atoms with van der Waals surface area (Å²) in [6, 6.07) is 29.4. The van der Waals surface area contributed by atoms with Crippen molar-refractivity contribution in [3.63, 3.8) is 0 Å². The average molecular weight is 601 g/mol. The first-order chi connectivity index (χ1) is 20.9. The lowest BCUT2D eigenvalue weighted by Gasteiger charge is -2.32. The van der Waals surface area contributed by atoms with Crippen LogP contribution >= 0.6 is 11.6 Å². The molecule has 8 heteroatoms. The van der Waals surface area contributed by atoms with Crippen molar-refractivity contribution >= 4 is 23.4 Å². The molecule has 0 aliphatic carbocycles. The fourth-order valence-electron chi connectivity index (χ4n) is 4.84. The third-order valence-electron chi connectivity index (χ3n) is 7.21. The highest BCUT2D eigenvalue weighted by Gasteiger charge is 2.30. The van der Waals surface area contributed by atoms with Gasteiger partial charge in [-0.15, -0.1) is 0 Å². The number of carbonyl (C=O) groups is 2. The normalized spacial score (nSPS) is 11.3. The minimum atomic E-state index is -0.741. The quantitative estimate of drug-likeness (QED) is 0.195. The van der Waals surface area contributed by atoms with Gasteiger partial charge < -0.3 is 24.4 Å². The van der Waals surface area contributed by atoms with Crippen LogP contribution in [0.2, 0.25) is 5.02 Å². The van der Waals surface area contributed by atoms with Crippen molar-refractivity contribution in [3.05, 3.63) is 124 Å². The molecule has 0 saturated carbocycles. The summed E-state index contributed by atoms with van der Waals surface area (Å²) in [6.07, 6.45) is 1.09. The van der Waals surface area contributed by atoms with Gasteiger partial charge >= 0.3 is 0 Å². The number of rotatable bonds is 14. The van der Waals surface area contributed by atoms with E-state index in [4.69, 9.17) is 25.8 Å². The summed E-state index contributed by atoms with van der Waals surface area (Å²) in [7, 11) is 4.80. The van der Waals surface area contributed by atoms with E-state index in [1.807, 2.05) is 84.9 Å². The Morgan fingerprint density at radius 3 is 2.05 bits per heavy atom. The molecular formula is C35H37ClN2O5. The Morgan fingerprint density at radius 2 is 1.40 bits per heavy atom. The highest BCUT2D eigenvalue weighted by molar-refractivity contribution is 6.30. The number of hydrogen-bond donors (Lipinski definition) is 1. The molecule has 1 atom stereocenters. The zero-order chi connectivity index (χ0) is 30.6. The second kappa shape index (κ2) is 15.7. The van der Waals surface area contributed by atoms with E-state index in [2.05, 4.69) is 5.32 Å². The summed E-state index contributed by atoms with van der Waals surface area (Å²) in [5.74, 6) is 1.62. The number of amides is 2. The van der Waals surface area contributed by atoms with Crippen molar-refractivity contribution in [1.82, 2.24) is 10.2 Å². The fraction of sp³-hybridized carbons (Fsp3) is 0.257. The maximum atomic E-state index is 13.9. The zero-order valence-corrected chi connectivity index (χ0v) is 25.5. The van der Waals surface area contributed by atoms with E-state index < -0.39 is 6.04 Å². The molecule has 7 nitrogen and oxygen atoms in total. The van der Waals surface area contributed by atoms with E-state index in [-0.39, 0.29) is 24.8 Å². The number of hydrogen-bond acceptors (Lipinski definition) is 5. The number of methoxy groups -OCH3 is 3.